The van der Waals surface area contributed by atoms with Crippen LogP contribution in [-0.2, 0) is 0 Å². The van der Waals surface area contributed by atoms with Crippen molar-refractivity contribution >= 4 is 5.82 Å². The number of methoxy groups -OCH3 is 2. The van der Waals surface area contributed by atoms with Gasteiger partial charge in [-0.25, -0.2) is 9.97 Å². The first-order valence-electron chi connectivity index (χ1n) is 6.56. The predicted molar refractivity (Wildman–Crippen MR) is 80.7 cm³/mol. The lowest BCUT2D eigenvalue weighted by Crippen LogP contribution is -2.07. The smallest absolute Gasteiger partial charge is 0.257 e. The van der Waals surface area contributed by atoms with Gasteiger partial charge in [-0.2, -0.15) is 0 Å². The summed E-state index contributed by atoms with van der Waals surface area (Å²) in [5.74, 6) is 1.88. The van der Waals surface area contributed by atoms with E-state index in [4.69, 9.17) is 19.9 Å². The van der Waals surface area contributed by atoms with Crippen LogP contribution >= 0.6 is 0 Å². The summed E-state index contributed by atoms with van der Waals surface area (Å²) in [5, 5.41) is 0. The highest BCUT2D eigenvalue weighted by atomic mass is 16.5. The number of nitrogens with zero attached hydrogens (tertiary/aromatic N) is 2. The van der Waals surface area contributed by atoms with Crippen molar-refractivity contribution in [3.63, 3.8) is 0 Å². The molecule has 0 fully saturated rings. The summed E-state index contributed by atoms with van der Waals surface area (Å²) in [6.45, 7) is 3.91. The molecule has 2 rings (SSSR count). The normalized spacial score (nSPS) is 10.5. The fraction of sp³-hybridized carbons (Fsp3) is 0.333. The third kappa shape index (κ3) is 3.34. The van der Waals surface area contributed by atoms with Crippen LogP contribution in [0.25, 0.3) is 11.3 Å². The first-order chi connectivity index (χ1) is 10.0. The third-order valence-electron chi connectivity index (χ3n) is 2.78. The number of ether oxygens (including phenoxy) is 3. The van der Waals surface area contributed by atoms with Gasteiger partial charge in [0.05, 0.1) is 32.2 Å². The summed E-state index contributed by atoms with van der Waals surface area (Å²) in [7, 11) is 3.11. The maximum Gasteiger partial charge on any atom is 0.257 e. The van der Waals surface area contributed by atoms with E-state index in [1.54, 1.807) is 13.3 Å². The molecule has 2 N–H and O–H groups in total. The largest absolute Gasteiger partial charge is 0.493 e. The SMILES string of the molecule is COc1ccc(-c2cnc(N)c(OC)n2)cc1OC(C)C. The molecule has 112 valence electrons. The van der Waals surface area contributed by atoms with E-state index >= 15 is 0 Å². The molecule has 0 aliphatic heterocycles. The Labute approximate surface area is 123 Å². The van der Waals surface area contributed by atoms with Gasteiger partial charge in [-0.15, -0.1) is 0 Å². The summed E-state index contributed by atoms with van der Waals surface area (Å²) >= 11 is 0. The van der Waals surface area contributed by atoms with E-state index in [1.165, 1.54) is 7.11 Å². The monoisotopic (exact) mass is 289 g/mol. The van der Waals surface area contributed by atoms with Crippen LogP contribution in [0, 0.1) is 0 Å². The Morgan fingerprint density at radius 3 is 2.48 bits per heavy atom. The van der Waals surface area contributed by atoms with Crippen molar-refractivity contribution in [1.82, 2.24) is 9.97 Å². The minimum Gasteiger partial charge on any atom is -0.493 e. The van der Waals surface area contributed by atoms with Crippen LogP contribution in [0.15, 0.2) is 24.4 Å². The lowest BCUT2D eigenvalue weighted by Gasteiger charge is -2.14. The van der Waals surface area contributed by atoms with Crippen molar-refractivity contribution in [1.29, 1.82) is 0 Å². The molecule has 0 aliphatic rings. The van der Waals surface area contributed by atoms with Crippen LogP contribution in [0.1, 0.15) is 13.8 Å². The van der Waals surface area contributed by atoms with Crippen LogP contribution in [0.5, 0.6) is 17.4 Å². The molecule has 0 aliphatic carbocycles. The Bertz CT molecular complexity index is 630. The molecule has 1 heterocycles. The molecule has 6 nitrogen and oxygen atoms in total. The molecule has 0 atom stereocenters. The second kappa shape index (κ2) is 6.30. The number of hydrogen-bond donors (Lipinski definition) is 1. The number of nitrogens with two attached hydrogens (primary N) is 1. The standard InChI is InChI=1S/C15H19N3O3/c1-9(2)21-13-7-10(5-6-12(13)19-3)11-8-17-14(16)15(18-11)20-4/h5-9H,1-4H3,(H2,16,17). The minimum absolute atomic E-state index is 0.0428. The highest BCUT2D eigenvalue weighted by Gasteiger charge is 2.11. The van der Waals surface area contributed by atoms with Crippen molar-refractivity contribution < 1.29 is 14.2 Å². The number of aromatic nitrogens is 2. The molecule has 1 aromatic heterocycles. The quantitative estimate of drug-likeness (QED) is 0.911. The number of rotatable bonds is 5. The Hall–Kier alpha value is -2.50. The average molecular weight is 289 g/mol. The molecule has 6 heteroatoms. The molecule has 21 heavy (non-hydrogen) atoms. The van der Waals surface area contributed by atoms with Gasteiger partial charge in [0.25, 0.3) is 5.88 Å². The van der Waals surface area contributed by atoms with Gasteiger partial charge >= 0.3 is 0 Å². The average Bonchev–Trinajstić information content (AvgIpc) is 2.47. The first kappa shape index (κ1) is 14.9. The van der Waals surface area contributed by atoms with Crippen LogP contribution in [0.3, 0.4) is 0 Å². The van der Waals surface area contributed by atoms with Crippen molar-refractivity contribution in [3.05, 3.63) is 24.4 Å². The lowest BCUT2D eigenvalue weighted by molar-refractivity contribution is 0.230. The number of hydrogen-bond acceptors (Lipinski definition) is 6. The van der Waals surface area contributed by atoms with Crippen molar-refractivity contribution in [3.8, 4) is 28.6 Å². The van der Waals surface area contributed by atoms with Gasteiger partial charge in [-0.3, -0.25) is 0 Å². The van der Waals surface area contributed by atoms with Crippen molar-refractivity contribution in [2.45, 2.75) is 20.0 Å². The summed E-state index contributed by atoms with van der Waals surface area (Å²) in [6.07, 6.45) is 1.64. The van der Waals surface area contributed by atoms with Crippen LogP contribution in [0.2, 0.25) is 0 Å². The second-order valence-electron chi connectivity index (χ2n) is 4.68. The Balaban J connectivity index is 2.44. The van der Waals surface area contributed by atoms with Gasteiger partial charge in [0.1, 0.15) is 0 Å². The van der Waals surface area contributed by atoms with Gasteiger partial charge in [0.15, 0.2) is 17.3 Å². The molecule has 0 bridgehead atoms. The Morgan fingerprint density at radius 2 is 1.86 bits per heavy atom. The molecular weight excluding hydrogens is 270 g/mol. The maximum atomic E-state index is 5.75. The van der Waals surface area contributed by atoms with E-state index in [1.807, 2.05) is 32.0 Å². The number of nitrogen functional groups attached to an aromatic ring is 1. The van der Waals surface area contributed by atoms with E-state index in [0.717, 1.165) is 5.56 Å². The van der Waals surface area contributed by atoms with Gasteiger partial charge in [0, 0.05) is 5.56 Å². The van der Waals surface area contributed by atoms with Gasteiger partial charge < -0.3 is 19.9 Å². The molecule has 1 aromatic carbocycles. The topological polar surface area (TPSA) is 79.5 Å². The zero-order chi connectivity index (χ0) is 15.4. The molecule has 0 amide bonds. The highest BCUT2D eigenvalue weighted by Crippen LogP contribution is 2.33. The van der Waals surface area contributed by atoms with E-state index < -0.39 is 0 Å². The zero-order valence-electron chi connectivity index (χ0n) is 12.6. The Kier molecular flexibility index (Phi) is 4.47. The van der Waals surface area contributed by atoms with Gasteiger partial charge in [0.2, 0.25) is 0 Å². The van der Waals surface area contributed by atoms with Crippen LogP contribution < -0.4 is 19.9 Å². The molecular formula is C15H19N3O3. The first-order valence-corrected chi connectivity index (χ1v) is 6.56. The minimum atomic E-state index is 0.0428. The summed E-state index contributed by atoms with van der Waals surface area (Å²) in [4.78, 5) is 8.41. The fourth-order valence-electron chi connectivity index (χ4n) is 1.85. The van der Waals surface area contributed by atoms with Crippen molar-refractivity contribution in [2.75, 3.05) is 20.0 Å². The Morgan fingerprint density at radius 1 is 1.10 bits per heavy atom. The predicted octanol–water partition coefficient (Wildman–Crippen LogP) is 2.53. The van der Waals surface area contributed by atoms with E-state index in [9.17, 15) is 0 Å². The number of anilines is 1. The summed E-state index contributed by atoms with van der Waals surface area (Å²) < 4.78 is 16.1. The fourth-order valence-corrected chi connectivity index (χ4v) is 1.85. The summed E-state index contributed by atoms with van der Waals surface area (Å²) in [5.41, 5.74) is 7.17. The van der Waals surface area contributed by atoms with Crippen LogP contribution in [-0.4, -0.2) is 30.3 Å². The zero-order valence-corrected chi connectivity index (χ0v) is 12.6. The number of benzene rings is 1. The van der Waals surface area contributed by atoms with Gasteiger partial charge in [-0.05, 0) is 32.0 Å². The van der Waals surface area contributed by atoms with Crippen molar-refractivity contribution in [2.24, 2.45) is 0 Å². The molecule has 2 aromatic rings. The third-order valence-corrected chi connectivity index (χ3v) is 2.78. The maximum absolute atomic E-state index is 5.75. The summed E-state index contributed by atoms with van der Waals surface area (Å²) in [6, 6.07) is 5.57. The van der Waals surface area contributed by atoms with E-state index in [0.29, 0.717) is 23.1 Å². The lowest BCUT2D eigenvalue weighted by atomic mass is 10.1. The van der Waals surface area contributed by atoms with Crippen LogP contribution in [0.4, 0.5) is 5.82 Å². The van der Waals surface area contributed by atoms with E-state index in [-0.39, 0.29) is 11.9 Å². The molecule has 0 saturated heterocycles. The van der Waals surface area contributed by atoms with E-state index in [2.05, 4.69) is 9.97 Å². The van der Waals surface area contributed by atoms with Gasteiger partial charge in [-0.1, -0.05) is 0 Å². The highest BCUT2D eigenvalue weighted by molar-refractivity contribution is 5.65. The molecule has 0 spiro atoms. The second-order valence-corrected chi connectivity index (χ2v) is 4.68. The molecule has 0 saturated carbocycles. The molecule has 0 radical (unpaired) electrons. The molecule has 0 unspecified atom stereocenters.